The molecule has 0 spiro atoms. The highest BCUT2D eigenvalue weighted by Gasteiger charge is 2.24. The maximum atomic E-state index is 12.6. The number of carbonyl (C=O) groups is 1. The topological polar surface area (TPSA) is 83.1 Å². The van der Waals surface area contributed by atoms with Crippen LogP contribution in [-0.2, 0) is 16.8 Å². The summed E-state index contributed by atoms with van der Waals surface area (Å²) in [7, 11) is 0. The van der Waals surface area contributed by atoms with Gasteiger partial charge in [0.15, 0.2) is 5.65 Å². The van der Waals surface area contributed by atoms with E-state index in [2.05, 4.69) is 21.5 Å². The first-order chi connectivity index (χ1) is 13.6. The number of nitriles is 1. The summed E-state index contributed by atoms with van der Waals surface area (Å²) in [6.45, 7) is 7.64. The molecule has 0 bridgehead atoms. The van der Waals surface area contributed by atoms with Crippen molar-refractivity contribution in [2.45, 2.75) is 46.1 Å². The Morgan fingerprint density at radius 1 is 1.28 bits per heavy atom. The first-order valence-corrected chi connectivity index (χ1v) is 9.90. The Hall–Kier alpha value is -2.62. The van der Waals surface area contributed by atoms with Crippen molar-refractivity contribution in [3.8, 4) is 6.07 Å². The summed E-state index contributed by atoms with van der Waals surface area (Å²) in [5.74, 6) is -0.0850. The molecule has 2 aromatic heterocycles. The minimum Gasteiger partial charge on any atom is -0.347 e. The summed E-state index contributed by atoms with van der Waals surface area (Å²) in [6.07, 6.45) is 2.32. The molecule has 0 fully saturated rings. The fraction of sp³-hybridized carbons (Fsp3) is 0.333. The van der Waals surface area contributed by atoms with E-state index in [4.69, 9.17) is 23.2 Å². The van der Waals surface area contributed by atoms with Crippen LogP contribution in [0, 0.1) is 25.2 Å². The molecule has 3 aromatic rings. The molecule has 0 aliphatic carbocycles. The highest BCUT2D eigenvalue weighted by molar-refractivity contribution is 6.42. The lowest BCUT2D eigenvalue weighted by molar-refractivity contribution is -0.122. The molecule has 0 unspecified atom stereocenters. The van der Waals surface area contributed by atoms with Crippen LogP contribution in [0.3, 0.4) is 0 Å². The van der Waals surface area contributed by atoms with Gasteiger partial charge in [-0.2, -0.15) is 10.4 Å². The SMILES string of the molecule is Cc1nc2c(C#N)cnn2c(C)c1CCC(=O)NC(C)(C)c1ccc(Cl)c(Cl)c1. The molecule has 1 amide bonds. The van der Waals surface area contributed by atoms with E-state index >= 15 is 0 Å². The van der Waals surface area contributed by atoms with Crippen molar-refractivity contribution >= 4 is 34.8 Å². The molecule has 0 saturated carbocycles. The van der Waals surface area contributed by atoms with E-state index < -0.39 is 5.54 Å². The van der Waals surface area contributed by atoms with Crippen molar-refractivity contribution in [3.63, 3.8) is 0 Å². The maximum absolute atomic E-state index is 12.6. The Morgan fingerprint density at radius 3 is 2.66 bits per heavy atom. The molecule has 8 heteroatoms. The average Bonchev–Trinajstić information content (AvgIpc) is 3.06. The molecule has 1 aromatic carbocycles. The van der Waals surface area contributed by atoms with Crippen molar-refractivity contribution in [2.75, 3.05) is 0 Å². The van der Waals surface area contributed by atoms with E-state index in [0.717, 1.165) is 22.5 Å². The van der Waals surface area contributed by atoms with Crippen LogP contribution in [0.1, 0.15) is 48.3 Å². The average molecular weight is 430 g/mol. The number of carbonyl (C=O) groups excluding carboxylic acids is 1. The predicted octanol–water partition coefficient (Wildman–Crippen LogP) is 4.51. The molecule has 0 aliphatic heterocycles. The van der Waals surface area contributed by atoms with Crippen molar-refractivity contribution < 1.29 is 4.79 Å². The fourth-order valence-electron chi connectivity index (χ4n) is 3.36. The van der Waals surface area contributed by atoms with Crippen molar-refractivity contribution in [1.82, 2.24) is 19.9 Å². The Bertz CT molecular complexity index is 1140. The summed E-state index contributed by atoms with van der Waals surface area (Å²) in [4.78, 5) is 17.1. The number of fused-ring (bicyclic) bond motifs is 1. The summed E-state index contributed by atoms with van der Waals surface area (Å²) in [5.41, 5.74) is 3.87. The van der Waals surface area contributed by atoms with Crippen LogP contribution in [0.25, 0.3) is 5.65 Å². The number of nitrogens with zero attached hydrogens (tertiary/aromatic N) is 4. The number of aromatic nitrogens is 3. The first-order valence-electron chi connectivity index (χ1n) is 9.14. The molecule has 6 nitrogen and oxygen atoms in total. The smallest absolute Gasteiger partial charge is 0.221 e. The van der Waals surface area contributed by atoms with Gasteiger partial charge in [0.2, 0.25) is 5.91 Å². The molecule has 0 saturated heterocycles. The number of rotatable bonds is 5. The largest absolute Gasteiger partial charge is 0.347 e. The Kier molecular flexibility index (Phi) is 5.83. The highest BCUT2D eigenvalue weighted by Crippen LogP contribution is 2.28. The highest BCUT2D eigenvalue weighted by atomic mass is 35.5. The summed E-state index contributed by atoms with van der Waals surface area (Å²) < 4.78 is 1.65. The van der Waals surface area contributed by atoms with Crippen LogP contribution >= 0.6 is 23.2 Å². The molecule has 29 heavy (non-hydrogen) atoms. The molecule has 2 heterocycles. The van der Waals surface area contributed by atoms with Gasteiger partial charge in [-0.1, -0.05) is 29.3 Å². The summed E-state index contributed by atoms with van der Waals surface area (Å²) in [6, 6.07) is 7.43. The van der Waals surface area contributed by atoms with Gasteiger partial charge in [-0.05, 0) is 57.4 Å². The van der Waals surface area contributed by atoms with E-state index in [0.29, 0.717) is 34.1 Å². The molecule has 0 radical (unpaired) electrons. The van der Waals surface area contributed by atoms with Gasteiger partial charge in [0.05, 0.1) is 21.8 Å². The standard InChI is InChI=1S/C21H21Cl2N5O/c1-12-16(13(2)28-20(26-12)14(10-24)11-25-28)6-8-19(29)27-21(3,4)15-5-7-17(22)18(23)9-15/h5,7,9,11H,6,8H2,1-4H3,(H,27,29). The quantitative estimate of drug-likeness (QED) is 0.646. The predicted molar refractivity (Wildman–Crippen MR) is 113 cm³/mol. The van der Waals surface area contributed by atoms with Crippen LogP contribution < -0.4 is 5.32 Å². The van der Waals surface area contributed by atoms with Crippen LogP contribution in [0.2, 0.25) is 10.0 Å². The minimum atomic E-state index is -0.596. The lowest BCUT2D eigenvalue weighted by atomic mass is 9.94. The van der Waals surface area contributed by atoms with Crippen LogP contribution in [0.5, 0.6) is 0 Å². The molecule has 0 atom stereocenters. The third-order valence-electron chi connectivity index (χ3n) is 5.02. The molecule has 150 valence electrons. The van der Waals surface area contributed by atoms with Gasteiger partial charge in [0, 0.05) is 17.8 Å². The van der Waals surface area contributed by atoms with Crippen molar-refractivity contribution in [3.05, 3.63) is 62.5 Å². The van der Waals surface area contributed by atoms with Gasteiger partial charge in [-0.3, -0.25) is 4.79 Å². The monoisotopic (exact) mass is 429 g/mol. The Morgan fingerprint density at radius 2 is 2.00 bits per heavy atom. The maximum Gasteiger partial charge on any atom is 0.221 e. The van der Waals surface area contributed by atoms with Gasteiger partial charge >= 0.3 is 0 Å². The third-order valence-corrected chi connectivity index (χ3v) is 5.76. The number of hydrogen-bond donors (Lipinski definition) is 1. The van der Waals surface area contributed by atoms with E-state index in [1.165, 1.54) is 6.20 Å². The Balaban J connectivity index is 1.75. The van der Waals surface area contributed by atoms with Gasteiger partial charge in [0.25, 0.3) is 0 Å². The van der Waals surface area contributed by atoms with Crippen LogP contribution in [-0.4, -0.2) is 20.5 Å². The number of hydrogen-bond acceptors (Lipinski definition) is 4. The van der Waals surface area contributed by atoms with Crippen LogP contribution in [0.15, 0.2) is 24.4 Å². The normalized spacial score (nSPS) is 11.5. The lowest BCUT2D eigenvalue weighted by Gasteiger charge is -2.27. The van der Waals surface area contributed by atoms with Crippen molar-refractivity contribution in [1.29, 1.82) is 5.26 Å². The van der Waals surface area contributed by atoms with E-state index in [-0.39, 0.29) is 5.91 Å². The van der Waals surface area contributed by atoms with E-state index in [9.17, 15) is 10.1 Å². The molecular weight excluding hydrogens is 409 g/mol. The second-order valence-electron chi connectivity index (χ2n) is 7.47. The molecular formula is C21H21Cl2N5O. The summed E-state index contributed by atoms with van der Waals surface area (Å²) >= 11 is 12.1. The summed E-state index contributed by atoms with van der Waals surface area (Å²) in [5, 5.41) is 17.4. The zero-order valence-corrected chi connectivity index (χ0v) is 18.2. The zero-order valence-electron chi connectivity index (χ0n) is 16.7. The van der Waals surface area contributed by atoms with Crippen LogP contribution in [0.4, 0.5) is 0 Å². The number of nitrogens with one attached hydrogen (secondary N) is 1. The number of aryl methyl sites for hydroxylation is 2. The Labute approximate surface area is 179 Å². The second-order valence-corrected chi connectivity index (χ2v) is 8.28. The molecule has 0 aliphatic rings. The zero-order chi connectivity index (χ0) is 21.3. The number of amides is 1. The fourth-order valence-corrected chi connectivity index (χ4v) is 3.66. The van der Waals surface area contributed by atoms with E-state index in [1.54, 1.807) is 16.6 Å². The third kappa shape index (κ3) is 4.21. The second kappa shape index (κ2) is 8.02. The number of benzene rings is 1. The lowest BCUT2D eigenvalue weighted by Crippen LogP contribution is -2.41. The van der Waals surface area contributed by atoms with Gasteiger partial charge in [-0.25, -0.2) is 9.50 Å². The van der Waals surface area contributed by atoms with Crippen molar-refractivity contribution in [2.24, 2.45) is 0 Å². The number of halogens is 2. The van der Waals surface area contributed by atoms with Gasteiger partial charge < -0.3 is 5.32 Å². The molecule has 3 rings (SSSR count). The van der Waals surface area contributed by atoms with Gasteiger partial charge in [-0.15, -0.1) is 0 Å². The minimum absolute atomic E-state index is 0.0850. The first kappa shape index (κ1) is 21.1. The molecule has 1 N–H and O–H groups in total. The van der Waals surface area contributed by atoms with Gasteiger partial charge in [0.1, 0.15) is 11.6 Å². The van der Waals surface area contributed by atoms with E-state index in [1.807, 2.05) is 33.8 Å².